The highest BCUT2D eigenvalue weighted by Gasteiger charge is 2.08. The third-order valence-electron chi connectivity index (χ3n) is 2.50. The molecule has 0 saturated carbocycles. The van der Waals surface area contributed by atoms with Crippen LogP contribution in [0.25, 0.3) is 11.4 Å². The highest BCUT2D eigenvalue weighted by atomic mass is 15.2. The van der Waals surface area contributed by atoms with Gasteiger partial charge in [-0.25, -0.2) is 4.98 Å². The molecule has 1 aromatic heterocycles. The summed E-state index contributed by atoms with van der Waals surface area (Å²) in [4.78, 5) is 4.47. The van der Waals surface area contributed by atoms with E-state index in [2.05, 4.69) is 32.7 Å². The zero-order valence-electron chi connectivity index (χ0n) is 10.6. The number of anilines is 2. The second kappa shape index (κ2) is 5.95. The van der Waals surface area contributed by atoms with E-state index in [0.29, 0.717) is 11.6 Å². The first-order valence-electron chi connectivity index (χ1n) is 6.07. The van der Waals surface area contributed by atoms with Crippen molar-refractivity contribution in [3.05, 3.63) is 30.3 Å². The molecule has 1 heterocycles. The van der Waals surface area contributed by atoms with Crippen LogP contribution >= 0.6 is 0 Å². The monoisotopic (exact) mass is 243 g/mol. The summed E-state index contributed by atoms with van der Waals surface area (Å²) in [6.07, 6.45) is 1.03. The molecule has 0 aliphatic rings. The fourth-order valence-corrected chi connectivity index (χ4v) is 1.57. The van der Waals surface area contributed by atoms with Crippen molar-refractivity contribution < 1.29 is 0 Å². The summed E-state index contributed by atoms with van der Waals surface area (Å²) in [5.74, 6) is 2.04. The van der Waals surface area contributed by atoms with E-state index in [0.717, 1.165) is 24.3 Å². The van der Waals surface area contributed by atoms with Gasteiger partial charge in [0.05, 0.1) is 0 Å². The van der Waals surface area contributed by atoms with Gasteiger partial charge in [-0.3, -0.25) is 0 Å². The number of rotatable bonds is 5. The molecule has 18 heavy (non-hydrogen) atoms. The summed E-state index contributed by atoms with van der Waals surface area (Å²) in [6.45, 7) is 2.96. The number of aromatic nitrogens is 3. The maximum atomic E-state index is 4.47. The normalized spacial score (nSPS) is 10.1. The quantitative estimate of drug-likeness (QED) is 0.844. The average molecular weight is 243 g/mol. The summed E-state index contributed by atoms with van der Waals surface area (Å²) in [5.41, 5.74) is 0.962. The van der Waals surface area contributed by atoms with Gasteiger partial charge in [0.15, 0.2) is 17.5 Å². The number of benzene rings is 1. The third kappa shape index (κ3) is 2.74. The van der Waals surface area contributed by atoms with Gasteiger partial charge in [0.2, 0.25) is 0 Å². The van der Waals surface area contributed by atoms with Crippen LogP contribution in [0.3, 0.4) is 0 Å². The van der Waals surface area contributed by atoms with E-state index in [-0.39, 0.29) is 0 Å². The Balaban J connectivity index is 2.30. The molecule has 0 bridgehead atoms. The minimum atomic E-state index is 0.627. The summed E-state index contributed by atoms with van der Waals surface area (Å²) >= 11 is 0. The van der Waals surface area contributed by atoms with E-state index >= 15 is 0 Å². The lowest BCUT2D eigenvalue weighted by molar-refractivity contribution is 0.927. The van der Waals surface area contributed by atoms with Crippen molar-refractivity contribution in [3.8, 4) is 11.4 Å². The van der Waals surface area contributed by atoms with E-state index in [9.17, 15) is 0 Å². The largest absolute Gasteiger partial charge is 0.370 e. The van der Waals surface area contributed by atoms with Crippen LogP contribution in [-0.2, 0) is 0 Å². The second-order valence-electron chi connectivity index (χ2n) is 3.88. The van der Waals surface area contributed by atoms with E-state index in [4.69, 9.17) is 0 Å². The van der Waals surface area contributed by atoms with E-state index in [1.807, 2.05) is 37.4 Å². The van der Waals surface area contributed by atoms with Crippen LogP contribution in [0.5, 0.6) is 0 Å². The zero-order valence-corrected chi connectivity index (χ0v) is 10.6. The maximum absolute atomic E-state index is 4.47. The number of hydrogen-bond acceptors (Lipinski definition) is 5. The fraction of sp³-hybridized carbons (Fsp3) is 0.308. The van der Waals surface area contributed by atoms with Crippen LogP contribution < -0.4 is 10.6 Å². The topological polar surface area (TPSA) is 62.7 Å². The zero-order chi connectivity index (χ0) is 12.8. The highest BCUT2D eigenvalue weighted by molar-refractivity contribution is 5.63. The SMILES string of the molecule is CCCNc1nnc(-c2ccccc2)nc1NC. The molecule has 94 valence electrons. The van der Waals surface area contributed by atoms with Crippen LogP contribution in [0.15, 0.2) is 30.3 Å². The molecule has 0 amide bonds. The van der Waals surface area contributed by atoms with E-state index in [1.165, 1.54) is 0 Å². The molecule has 2 N–H and O–H groups in total. The van der Waals surface area contributed by atoms with Gasteiger partial charge in [0, 0.05) is 19.2 Å². The van der Waals surface area contributed by atoms with Crippen LogP contribution in [-0.4, -0.2) is 28.8 Å². The smallest absolute Gasteiger partial charge is 0.191 e. The Kier molecular flexibility index (Phi) is 4.06. The van der Waals surface area contributed by atoms with Crippen LogP contribution in [0.4, 0.5) is 11.6 Å². The van der Waals surface area contributed by atoms with Gasteiger partial charge in [-0.05, 0) is 6.42 Å². The second-order valence-corrected chi connectivity index (χ2v) is 3.88. The van der Waals surface area contributed by atoms with E-state index in [1.54, 1.807) is 0 Å². The molecule has 5 heteroatoms. The Labute approximate surface area is 107 Å². The molecule has 5 nitrogen and oxygen atoms in total. The molecular weight excluding hydrogens is 226 g/mol. The lowest BCUT2D eigenvalue weighted by Gasteiger charge is -2.09. The van der Waals surface area contributed by atoms with Gasteiger partial charge < -0.3 is 10.6 Å². The predicted molar refractivity (Wildman–Crippen MR) is 73.6 cm³/mol. The van der Waals surface area contributed by atoms with Crippen LogP contribution in [0.1, 0.15) is 13.3 Å². The van der Waals surface area contributed by atoms with Crippen LogP contribution in [0, 0.1) is 0 Å². The van der Waals surface area contributed by atoms with Gasteiger partial charge in [-0.15, -0.1) is 10.2 Å². The molecule has 2 rings (SSSR count). The fourth-order valence-electron chi connectivity index (χ4n) is 1.57. The highest BCUT2D eigenvalue weighted by Crippen LogP contribution is 2.19. The first-order valence-corrected chi connectivity index (χ1v) is 6.07. The number of nitrogens with one attached hydrogen (secondary N) is 2. The lowest BCUT2D eigenvalue weighted by Crippen LogP contribution is -2.09. The van der Waals surface area contributed by atoms with Crippen molar-refractivity contribution in [2.24, 2.45) is 0 Å². The molecule has 1 aromatic carbocycles. The molecule has 0 aliphatic heterocycles. The van der Waals surface area contributed by atoms with Crippen molar-refractivity contribution in [2.45, 2.75) is 13.3 Å². The number of nitrogens with zero attached hydrogens (tertiary/aromatic N) is 3. The van der Waals surface area contributed by atoms with Crippen molar-refractivity contribution >= 4 is 11.6 Å². The Bertz CT molecular complexity index is 498. The van der Waals surface area contributed by atoms with E-state index < -0.39 is 0 Å². The van der Waals surface area contributed by atoms with Gasteiger partial charge >= 0.3 is 0 Å². The first kappa shape index (κ1) is 12.3. The predicted octanol–water partition coefficient (Wildman–Crippen LogP) is 2.40. The summed E-state index contributed by atoms with van der Waals surface area (Å²) in [7, 11) is 1.83. The molecule has 0 saturated heterocycles. The van der Waals surface area contributed by atoms with Crippen molar-refractivity contribution in [1.82, 2.24) is 15.2 Å². The Morgan fingerprint density at radius 2 is 1.83 bits per heavy atom. The standard InChI is InChI=1S/C13H17N5/c1-3-9-15-13-12(14-2)16-11(17-18-13)10-7-5-4-6-8-10/h4-8H,3,9H2,1-2H3,(H,15,18)(H,14,16,17). The summed E-state index contributed by atoms with van der Waals surface area (Å²) < 4.78 is 0. The van der Waals surface area contributed by atoms with Crippen LogP contribution in [0.2, 0.25) is 0 Å². The summed E-state index contributed by atoms with van der Waals surface area (Å²) in [5, 5.41) is 14.6. The average Bonchev–Trinajstić information content (AvgIpc) is 2.46. The van der Waals surface area contributed by atoms with Crippen molar-refractivity contribution in [2.75, 3.05) is 24.2 Å². The third-order valence-corrected chi connectivity index (χ3v) is 2.50. The molecule has 0 unspecified atom stereocenters. The molecule has 0 radical (unpaired) electrons. The number of hydrogen-bond donors (Lipinski definition) is 2. The Morgan fingerprint density at radius 1 is 1.06 bits per heavy atom. The van der Waals surface area contributed by atoms with Gasteiger partial charge in [-0.2, -0.15) is 0 Å². The molecule has 0 atom stereocenters. The molecule has 0 aliphatic carbocycles. The van der Waals surface area contributed by atoms with Crippen molar-refractivity contribution in [1.29, 1.82) is 0 Å². The molecule has 0 spiro atoms. The van der Waals surface area contributed by atoms with Gasteiger partial charge in [-0.1, -0.05) is 37.3 Å². The minimum Gasteiger partial charge on any atom is -0.370 e. The van der Waals surface area contributed by atoms with Crippen molar-refractivity contribution in [3.63, 3.8) is 0 Å². The lowest BCUT2D eigenvalue weighted by atomic mass is 10.2. The summed E-state index contributed by atoms with van der Waals surface area (Å²) in [6, 6.07) is 9.82. The Hall–Kier alpha value is -2.17. The molecular formula is C13H17N5. The maximum Gasteiger partial charge on any atom is 0.191 e. The van der Waals surface area contributed by atoms with Gasteiger partial charge in [0.25, 0.3) is 0 Å². The first-order chi connectivity index (χ1) is 8.85. The molecule has 0 fully saturated rings. The molecule has 2 aromatic rings. The van der Waals surface area contributed by atoms with Gasteiger partial charge in [0.1, 0.15) is 0 Å². The Morgan fingerprint density at radius 3 is 2.50 bits per heavy atom. The minimum absolute atomic E-state index is 0.627.